The molecule has 2 amide bonds. The third-order valence-electron chi connectivity index (χ3n) is 4.41. The number of nitrogens with zero attached hydrogens (tertiary/aromatic N) is 4. The van der Waals surface area contributed by atoms with Gasteiger partial charge in [-0.05, 0) is 19.8 Å². The normalized spacial score (nSPS) is 23.5. The van der Waals surface area contributed by atoms with E-state index in [1.54, 1.807) is 7.05 Å². The Kier molecular flexibility index (Phi) is 3.16. The molecule has 1 fully saturated rings. The molecule has 2 aliphatic rings. The number of hydrogen-bond acceptors (Lipinski definition) is 3. The molecule has 0 bridgehead atoms. The van der Waals surface area contributed by atoms with E-state index in [1.807, 2.05) is 11.8 Å². The maximum Gasteiger partial charge on any atom is 0.317 e. The molecule has 2 heterocycles. The van der Waals surface area contributed by atoms with Crippen LogP contribution in [0.1, 0.15) is 56.2 Å². The van der Waals surface area contributed by atoms with Gasteiger partial charge in [0.05, 0.1) is 6.04 Å². The number of hydrogen-bond donors (Lipinski definition) is 1. The first kappa shape index (κ1) is 12.4. The molecule has 1 saturated carbocycles. The molecule has 6 nitrogen and oxygen atoms in total. The van der Waals surface area contributed by atoms with Crippen molar-refractivity contribution in [1.82, 2.24) is 25.0 Å². The van der Waals surface area contributed by atoms with Gasteiger partial charge in [0.2, 0.25) is 0 Å². The second kappa shape index (κ2) is 4.83. The van der Waals surface area contributed by atoms with Crippen LogP contribution in [-0.2, 0) is 6.54 Å². The highest BCUT2D eigenvalue weighted by atomic mass is 16.2. The van der Waals surface area contributed by atoms with E-state index in [1.165, 1.54) is 25.7 Å². The van der Waals surface area contributed by atoms with Gasteiger partial charge in [0.1, 0.15) is 5.82 Å². The van der Waals surface area contributed by atoms with Crippen molar-refractivity contribution < 1.29 is 4.79 Å². The van der Waals surface area contributed by atoms with Crippen LogP contribution >= 0.6 is 0 Å². The van der Waals surface area contributed by atoms with Crippen molar-refractivity contribution in [3.8, 4) is 0 Å². The summed E-state index contributed by atoms with van der Waals surface area (Å²) in [5.41, 5.74) is 0. The minimum atomic E-state index is -0.0378. The Bertz CT molecular complexity index is 477. The molecule has 1 atom stereocenters. The SMILES string of the molecule is CNC(=O)N1CCn2c(C3CCCC3)nnc2[C@H]1C. The van der Waals surface area contributed by atoms with Crippen LogP contribution in [0.25, 0.3) is 0 Å². The predicted molar refractivity (Wildman–Crippen MR) is 70.8 cm³/mol. The maximum atomic E-state index is 11.8. The summed E-state index contributed by atoms with van der Waals surface area (Å²) in [6.07, 6.45) is 5.05. The lowest BCUT2D eigenvalue weighted by molar-refractivity contribution is 0.161. The molecule has 1 aromatic rings. The lowest BCUT2D eigenvalue weighted by Gasteiger charge is -2.33. The minimum Gasteiger partial charge on any atom is -0.341 e. The largest absolute Gasteiger partial charge is 0.341 e. The third kappa shape index (κ3) is 1.99. The van der Waals surface area contributed by atoms with E-state index >= 15 is 0 Å². The molecular weight excluding hydrogens is 242 g/mol. The fourth-order valence-corrected chi connectivity index (χ4v) is 3.31. The monoisotopic (exact) mass is 263 g/mol. The van der Waals surface area contributed by atoms with Crippen LogP contribution in [0.4, 0.5) is 4.79 Å². The molecule has 1 N–H and O–H groups in total. The molecule has 0 spiro atoms. The van der Waals surface area contributed by atoms with Gasteiger partial charge in [-0.3, -0.25) is 0 Å². The summed E-state index contributed by atoms with van der Waals surface area (Å²) in [5, 5.41) is 11.4. The molecule has 0 radical (unpaired) electrons. The van der Waals surface area contributed by atoms with Gasteiger partial charge >= 0.3 is 6.03 Å². The van der Waals surface area contributed by atoms with E-state index in [2.05, 4.69) is 20.1 Å². The predicted octanol–water partition coefficient (Wildman–Crippen LogP) is 1.65. The molecule has 6 heteroatoms. The Labute approximate surface area is 113 Å². The van der Waals surface area contributed by atoms with Crippen molar-refractivity contribution >= 4 is 6.03 Å². The lowest BCUT2D eigenvalue weighted by atomic mass is 10.1. The summed E-state index contributed by atoms with van der Waals surface area (Å²) in [5.74, 6) is 2.63. The summed E-state index contributed by atoms with van der Waals surface area (Å²) in [7, 11) is 1.67. The first-order valence-corrected chi connectivity index (χ1v) is 7.13. The first-order valence-electron chi connectivity index (χ1n) is 7.13. The quantitative estimate of drug-likeness (QED) is 0.838. The molecule has 0 saturated heterocycles. The Morgan fingerprint density at radius 2 is 1.89 bits per heavy atom. The summed E-state index contributed by atoms with van der Waals surface area (Å²) in [6, 6.07) is -0.0412. The van der Waals surface area contributed by atoms with Gasteiger partial charge < -0.3 is 14.8 Å². The molecule has 0 unspecified atom stereocenters. The Hall–Kier alpha value is -1.59. The molecule has 104 valence electrons. The summed E-state index contributed by atoms with van der Waals surface area (Å²) in [6.45, 7) is 3.56. The van der Waals surface area contributed by atoms with Gasteiger partial charge in [-0.2, -0.15) is 0 Å². The molecular formula is C13H21N5O. The Morgan fingerprint density at radius 1 is 1.21 bits per heavy atom. The standard InChI is InChI=1S/C13H21N5O/c1-9-11-15-16-12(10-5-3-4-6-10)18(11)8-7-17(9)13(19)14-2/h9-10H,3-8H2,1-2H3,(H,14,19)/t9-/m1/s1. The van der Waals surface area contributed by atoms with Crippen LogP contribution in [0.2, 0.25) is 0 Å². The van der Waals surface area contributed by atoms with E-state index in [9.17, 15) is 4.79 Å². The van der Waals surface area contributed by atoms with Crippen molar-refractivity contribution in [3.05, 3.63) is 11.6 Å². The van der Waals surface area contributed by atoms with Crippen molar-refractivity contribution in [2.24, 2.45) is 0 Å². The molecule has 0 aromatic carbocycles. The van der Waals surface area contributed by atoms with Crippen molar-refractivity contribution in [1.29, 1.82) is 0 Å². The molecule has 19 heavy (non-hydrogen) atoms. The van der Waals surface area contributed by atoms with E-state index in [4.69, 9.17) is 0 Å². The topological polar surface area (TPSA) is 63.1 Å². The van der Waals surface area contributed by atoms with Gasteiger partial charge in [-0.1, -0.05) is 12.8 Å². The van der Waals surface area contributed by atoms with E-state index < -0.39 is 0 Å². The molecule has 1 aliphatic carbocycles. The smallest absolute Gasteiger partial charge is 0.317 e. The summed E-state index contributed by atoms with van der Waals surface area (Å²) < 4.78 is 2.24. The second-order valence-electron chi connectivity index (χ2n) is 5.47. The molecule has 3 rings (SSSR count). The first-order chi connectivity index (χ1) is 9.22. The van der Waals surface area contributed by atoms with Crippen LogP contribution < -0.4 is 5.32 Å². The van der Waals surface area contributed by atoms with Gasteiger partial charge in [0.25, 0.3) is 0 Å². The number of urea groups is 1. The minimum absolute atomic E-state index is 0.00338. The maximum absolute atomic E-state index is 11.8. The van der Waals surface area contributed by atoms with Gasteiger partial charge in [-0.15, -0.1) is 10.2 Å². The average molecular weight is 263 g/mol. The number of rotatable bonds is 1. The average Bonchev–Trinajstić information content (AvgIpc) is 3.06. The fraction of sp³-hybridized carbons (Fsp3) is 0.769. The second-order valence-corrected chi connectivity index (χ2v) is 5.47. The number of amides is 2. The molecule has 1 aliphatic heterocycles. The van der Waals surface area contributed by atoms with Crippen molar-refractivity contribution in [2.75, 3.05) is 13.6 Å². The van der Waals surface area contributed by atoms with E-state index in [0.29, 0.717) is 5.92 Å². The Morgan fingerprint density at radius 3 is 2.58 bits per heavy atom. The zero-order chi connectivity index (χ0) is 13.4. The summed E-state index contributed by atoms with van der Waals surface area (Å²) >= 11 is 0. The van der Waals surface area contributed by atoms with Crippen molar-refractivity contribution in [3.63, 3.8) is 0 Å². The van der Waals surface area contributed by atoms with Gasteiger partial charge in [0, 0.05) is 26.1 Å². The van der Waals surface area contributed by atoms with E-state index in [0.717, 1.165) is 24.7 Å². The zero-order valence-electron chi connectivity index (χ0n) is 11.6. The number of aromatic nitrogens is 3. The Balaban J connectivity index is 1.87. The van der Waals surface area contributed by atoms with Crippen molar-refractivity contribution in [2.45, 2.75) is 51.1 Å². The van der Waals surface area contributed by atoms with Gasteiger partial charge in [-0.25, -0.2) is 4.79 Å². The van der Waals surface area contributed by atoms with Gasteiger partial charge in [0.15, 0.2) is 5.82 Å². The lowest BCUT2D eigenvalue weighted by Crippen LogP contribution is -2.45. The number of nitrogens with one attached hydrogen (secondary N) is 1. The van der Waals surface area contributed by atoms with Crippen LogP contribution in [0.15, 0.2) is 0 Å². The highest BCUT2D eigenvalue weighted by Gasteiger charge is 2.33. The van der Waals surface area contributed by atoms with Crippen LogP contribution in [0.3, 0.4) is 0 Å². The zero-order valence-corrected chi connectivity index (χ0v) is 11.6. The molecule has 1 aromatic heterocycles. The number of fused-ring (bicyclic) bond motifs is 1. The number of carbonyl (C=O) groups is 1. The highest BCUT2D eigenvalue weighted by Crippen LogP contribution is 2.35. The van der Waals surface area contributed by atoms with Crippen LogP contribution in [0.5, 0.6) is 0 Å². The number of carbonyl (C=O) groups excluding carboxylic acids is 1. The summed E-state index contributed by atoms with van der Waals surface area (Å²) in [4.78, 5) is 13.6. The third-order valence-corrected chi connectivity index (χ3v) is 4.41. The highest BCUT2D eigenvalue weighted by molar-refractivity contribution is 5.74. The fourth-order valence-electron chi connectivity index (χ4n) is 3.31. The van der Waals surface area contributed by atoms with E-state index in [-0.39, 0.29) is 12.1 Å². The van der Waals surface area contributed by atoms with Crippen LogP contribution in [0, 0.1) is 0 Å². The van der Waals surface area contributed by atoms with Crippen LogP contribution in [-0.4, -0.2) is 39.3 Å².